The number of nitrogens with zero attached hydrogens (tertiary/aromatic N) is 1. The Bertz CT molecular complexity index is 149. The summed E-state index contributed by atoms with van der Waals surface area (Å²) < 4.78 is 4.51. The number of rotatable bonds is 2. The molecule has 1 rings (SSSR count). The van der Waals surface area contributed by atoms with E-state index in [4.69, 9.17) is 5.21 Å². The van der Waals surface area contributed by atoms with Crippen molar-refractivity contribution in [1.82, 2.24) is 5.06 Å². The molecule has 0 aromatic heterocycles. The number of ether oxygens (including phenoxy) is 1. The predicted molar refractivity (Wildman–Crippen MR) is 38.1 cm³/mol. The zero-order valence-electron chi connectivity index (χ0n) is 6.62. The van der Waals surface area contributed by atoms with Crippen molar-refractivity contribution in [2.45, 2.75) is 12.8 Å². The molecule has 0 amide bonds. The molecule has 0 bridgehead atoms. The molecular formula is C7H13NO3. The Balaban J connectivity index is 2.23. The summed E-state index contributed by atoms with van der Waals surface area (Å²) >= 11 is 0. The molecule has 1 atom stereocenters. The van der Waals surface area contributed by atoms with Gasteiger partial charge >= 0.3 is 5.97 Å². The highest BCUT2D eigenvalue weighted by atomic mass is 16.5. The van der Waals surface area contributed by atoms with Gasteiger partial charge in [-0.25, -0.2) is 0 Å². The van der Waals surface area contributed by atoms with Gasteiger partial charge in [-0.1, -0.05) is 0 Å². The Kier molecular flexibility index (Phi) is 2.84. The van der Waals surface area contributed by atoms with Crippen LogP contribution in [0.2, 0.25) is 0 Å². The maximum Gasteiger partial charge on any atom is 0.305 e. The summed E-state index contributed by atoms with van der Waals surface area (Å²) in [6.07, 6.45) is 1.30. The minimum atomic E-state index is -0.190. The summed E-state index contributed by atoms with van der Waals surface area (Å²) in [6.45, 7) is 1.26. The second-order valence-electron chi connectivity index (χ2n) is 2.85. The number of carbonyl (C=O) groups is 1. The van der Waals surface area contributed by atoms with Gasteiger partial charge in [0.05, 0.1) is 7.11 Å². The highest BCUT2D eigenvalue weighted by Gasteiger charge is 2.23. The maximum atomic E-state index is 10.8. The minimum Gasteiger partial charge on any atom is -0.469 e. The lowest BCUT2D eigenvalue weighted by atomic mass is 10.1. The Labute approximate surface area is 65.7 Å². The summed E-state index contributed by atoms with van der Waals surface area (Å²) in [7, 11) is 1.38. The largest absolute Gasteiger partial charge is 0.469 e. The molecule has 1 aliphatic rings. The second kappa shape index (κ2) is 3.69. The van der Waals surface area contributed by atoms with Crippen LogP contribution in [0.3, 0.4) is 0 Å². The molecule has 0 aromatic rings. The van der Waals surface area contributed by atoms with E-state index < -0.39 is 0 Å². The molecule has 1 saturated heterocycles. The van der Waals surface area contributed by atoms with Gasteiger partial charge in [0.25, 0.3) is 0 Å². The predicted octanol–water partition coefficient (Wildman–Crippen LogP) is 0.261. The van der Waals surface area contributed by atoms with Crippen molar-refractivity contribution in [2.24, 2.45) is 5.92 Å². The van der Waals surface area contributed by atoms with Gasteiger partial charge in [0, 0.05) is 19.5 Å². The van der Waals surface area contributed by atoms with Crippen LogP contribution in [-0.4, -0.2) is 36.4 Å². The SMILES string of the molecule is COC(=O)CC1CCN(O)C1. The summed E-state index contributed by atoms with van der Waals surface area (Å²) in [5.74, 6) is 0.0812. The smallest absolute Gasteiger partial charge is 0.305 e. The second-order valence-corrected chi connectivity index (χ2v) is 2.85. The van der Waals surface area contributed by atoms with Crippen molar-refractivity contribution >= 4 is 5.97 Å². The lowest BCUT2D eigenvalue weighted by Gasteiger charge is -2.06. The molecular weight excluding hydrogens is 146 g/mol. The summed E-state index contributed by atoms with van der Waals surface area (Å²) in [4.78, 5) is 10.8. The number of carbonyl (C=O) groups excluding carboxylic acids is 1. The van der Waals surface area contributed by atoms with Crippen molar-refractivity contribution in [3.8, 4) is 0 Å². The lowest BCUT2D eigenvalue weighted by molar-refractivity contribution is -0.141. The average Bonchev–Trinajstić information content (AvgIpc) is 2.35. The van der Waals surface area contributed by atoms with Crippen molar-refractivity contribution in [1.29, 1.82) is 0 Å². The Hall–Kier alpha value is -0.610. The van der Waals surface area contributed by atoms with E-state index in [1.807, 2.05) is 0 Å². The van der Waals surface area contributed by atoms with Gasteiger partial charge < -0.3 is 9.94 Å². The first kappa shape index (κ1) is 8.49. The van der Waals surface area contributed by atoms with Crippen LogP contribution in [0.1, 0.15) is 12.8 Å². The highest BCUT2D eigenvalue weighted by molar-refractivity contribution is 5.69. The van der Waals surface area contributed by atoms with E-state index in [1.54, 1.807) is 0 Å². The van der Waals surface area contributed by atoms with Gasteiger partial charge in [0.2, 0.25) is 0 Å². The van der Waals surface area contributed by atoms with Crippen LogP contribution in [0, 0.1) is 5.92 Å². The molecule has 1 unspecified atom stereocenters. The van der Waals surface area contributed by atoms with Crippen molar-refractivity contribution in [2.75, 3.05) is 20.2 Å². The van der Waals surface area contributed by atoms with E-state index in [2.05, 4.69) is 4.74 Å². The van der Waals surface area contributed by atoms with Gasteiger partial charge in [-0.3, -0.25) is 4.79 Å². The zero-order valence-corrected chi connectivity index (χ0v) is 6.62. The molecule has 1 aliphatic heterocycles. The number of methoxy groups -OCH3 is 1. The first-order valence-corrected chi connectivity index (χ1v) is 3.73. The van der Waals surface area contributed by atoms with Crippen LogP contribution in [0.4, 0.5) is 0 Å². The molecule has 0 spiro atoms. The summed E-state index contributed by atoms with van der Waals surface area (Å²) in [5, 5.41) is 10.2. The third-order valence-electron chi connectivity index (χ3n) is 1.95. The molecule has 0 aliphatic carbocycles. The Morgan fingerprint density at radius 1 is 1.82 bits per heavy atom. The maximum absolute atomic E-state index is 10.8. The summed E-state index contributed by atoms with van der Waals surface area (Å²) in [6, 6.07) is 0. The average molecular weight is 159 g/mol. The van der Waals surface area contributed by atoms with Crippen molar-refractivity contribution in [3.63, 3.8) is 0 Å². The van der Waals surface area contributed by atoms with E-state index >= 15 is 0 Å². The van der Waals surface area contributed by atoms with E-state index in [1.165, 1.54) is 12.2 Å². The lowest BCUT2D eigenvalue weighted by Crippen LogP contribution is -2.16. The van der Waals surface area contributed by atoms with E-state index in [0.717, 1.165) is 6.42 Å². The number of hydroxylamine groups is 2. The molecule has 0 aromatic carbocycles. The molecule has 1 heterocycles. The topological polar surface area (TPSA) is 49.8 Å². The van der Waals surface area contributed by atoms with Gasteiger partial charge in [-0.15, -0.1) is 0 Å². The fraction of sp³-hybridized carbons (Fsp3) is 0.857. The first-order valence-electron chi connectivity index (χ1n) is 3.73. The molecule has 1 fully saturated rings. The van der Waals surface area contributed by atoms with Crippen LogP contribution < -0.4 is 0 Å². The monoisotopic (exact) mass is 159 g/mol. The van der Waals surface area contributed by atoms with Crippen LogP contribution in [-0.2, 0) is 9.53 Å². The van der Waals surface area contributed by atoms with Crippen molar-refractivity contribution in [3.05, 3.63) is 0 Å². The standard InChI is InChI=1S/C7H13NO3/c1-11-7(9)4-6-2-3-8(10)5-6/h6,10H,2-5H2,1H3. The normalized spacial score (nSPS) is 25.5. The summed E-state index contributed by atoms with van der Waals surface area (Å²) in [5.41, 5.74) is 0. The van der Waals surface area contributed by atoms with Crippen LogP contribution in [0.5, 0.6) is 0 Å². The number of esters is 1. The number of hydrogen-bond acceptors (Lipinski definition) is 4. The highest BCUT2D eigenvalue weighted by Crippen LogP contribution is 2.17. The molecule has 4 nitrogen and oxygen atoms in total. The zero-order chi connectivity index (χ0) is 8.27. The molecule has 0 radical (unpaired) electrons. The molecule has 64 valence electrons. The number of hydrogen-bond donors (Lipinski definition) is 1. The van der Waals surface area contributed by atoms with E-state index in [-0.39, 0.29) is 11.9 Å². The third kappa shape index (κ3) is 2.48. The quantitative estimate of drug-likeness (QED) is 0.587. The fourth-order valence-corrected chi connectivity index (χ4v) is 1.30. The van der Waals surface area contributed by atoms with Crippen molar-refractivity contribution < 1.29 is 14.7 Å². The molecule has 0 saturated carbocycles. The molecule has 1 N–H and O–H groups in total. The van der Waals surface area contributed by atoms with E-state index in [9.17, 15) is 4.79 Å². The fourth-order valence-electron chi connectivity index (χ4n) is 1.30. The van der Waals surface area contributed by atoms with Gasteiger partial charge in [0.15, 0.2) is 0 Å². The van der Waals surface area contributed by atoms with Crippen LogP contribution in [0.15, 0.2) is 0 Å². The van der Waals surface area contributed by atoms with Gasteiger partial charge in [-0.2, -0.15) is 5.06 Å². The Morgan fingerprint density at radius 3 is 3.00 bits per heavy atom. The Morgan fingerprint density at radius 2 is 2.55 bits per heavy atom. The van der Waals surface area contributed by atoms with Gasteiger partial charge in [-0.05, 0) is 12.3 Å². The minimum absolute atomic E-state index is 0.190. The molecule has 4 heteroatoms. The molecule has 11 heavy (non-hydrogen) atoms. The van der Waals surface area contributed by atoms with Crippen LogP contribution >= 0.6 is 0 Å². The van der Waals surface area contributed by atoms with Crippen LogP contribution in [0.25, 0.3) is 0 Å². The van der Waals surface area contributed by atoms with E-state index in [0.29, 0.717) is 19.5 Å². The third-order valence-corrected chi connectivity index (χ3v) is 1.95. The van der Waals surface area contributed by atoms with Gasteiger partial charge in [0.1, 0.15) is 0 Å². The first-order chi connectivity index (χ1) is 5.22.